The minimum Gasteiger partial charge on any atom is -0.394 e. The molecule has 0 radical (unpaired) electrons. The van der Waals surface area contributed by atoms with Crippen molar-refractivity contribution in [3.63, 3.8) is 0 Å². The SMILES string of the molecule is CCCCCCCCCCOCCOCCOCCO[C@@H]1O[C@H](CO)[C@@H](O[C@@H]2O[C@H](CO)[C@H](O)[C@H](O)[C@H]2O)[C@H](O)[C@H]1O. The van der Waals surface area contributed by atoms with E-state index < -0.39 is 74.6 Å². The summed E-state index contributed by atoms with van der Waals surface area (Å²) in [5.41, 5.74) is 0. The topological polar surface area (TPSA) is 206 Å². The molecular formula is C28H54O14. The van der Waals surface area contributed by atoms with Crippen molar-refractivity contribution in [1.82, 2.24) is 0 Å². The molecule has 2 aliphatic rings. The molecule has 0 saturated carbocycles. The van der Waals surface area contributed by atoms with Crippen molar-refractivity contribution in [2.75, 3.05) is 59.5 Å². The van der Waals surface area contributed by atoms with Crippen LogP contribution in [0.15, 0.2) is 0 Å². The van der Waals surface area contributed by atoms with Crippen LogP contribution in [0, 0.1) is 0 Å². The van der Waals surface area contributed by atoms with E-state index in [2.05, 4.69) is 6.92 Å². The Balaban J connectivity index is 1.54. The zero-order chi connectivity index (χ0) is 30.7. The minimum atomic E-state index is -1.73. The number of rotatable bonds is 23. The molecule has 0 bridgehead atoms. The van der Waals surface area contributed by atoms with Crippen LogP contribution in [0.25, 0.3) is 0 Å². The minimum absolute atomic E-state index is 0.0204. The summed E-state index contributed by atoms with van der Waals surface area (Å²) in [6, 6.07) is 0. The Morgan fingerprint density at radius 2 is 1.00 bits per heavy atom. The highest BCUT2D eigenvalue weighted by Gasteiger charge is 2.50. The highest BCUT2D eigenvalue weighted by atomic mass is 16.7. The van der Waals surface area contributed by atoms with Crippen molar-refractivity contribution < 1.29 is 68.9 Å². The molecule has 0 unspecified atom stereocenters. The molecular weight excluding hydrogens is 560 g/mol. The summed E-state index contributed by atoms with van der Waals surface area (Å²) < 4.78 is 38.3. The fourth-order valence-corrected chi connectivity index (χ4v) is 4.80. The molecule has 2 saturated heterocycles. The van der Waals surface area contributed by atoms with Crippen molar-refractivity contribution >= 4 is 0 Å². The second-order valence-corrected chi connectivity index (χ2v) is 10.7. The van der Waals surface area contributed by atoms with Gasteiger partial charge in [0.25, 0.3) is 0 Å². The fourth-order valence-electron chi connectivity index (χ4n) is 4.80. The zero-order valence-corrected chi connectivity index (χ0v) is 24.8. The molecule has 42 heavy (non-hydrogen) atoms. The summed E-state index contributed by atoms with van der Waals surface area (Å²) in [4.78, 5) is 0. The molecule has 2 heterocycles. The molecule has 0 amide bonds. The van der Waals surface area contributed by atoms with Gasteiger partial charge in [0.2, 0.25) is 0 Å². The molecule has 2 fully saturated rings. The van der Waals surface area contributed by atoms with Gasteiger partial charge in [-0.15, -0.1) is 0 Å². The van der Waals surface area contributed by atoms with Crippen LogP contribution in [0.3, 0.4) is 0 Å². The number of ether oxygens (including phenoxy) is 7. The fraction of sp³-hybridized carbons (Fsp3) is 1.00. The van der Waals surface area contributed by atoms with Gasteiger partial charge in [-0.1, -0.05) is 51.9 Å². The predicted molar refractivity (Wildman–Crippen MR) is 147 cm³/mol. The van der Waals surface area contributed by atoms with Crippen LogP contribution in [0.4, 0.5) is 0 Å². The third kappa shape index (κ3) is 12.8. The van der Waals surface area contributed by atoms with E-state index in [1.807, 2.05) is 0 Å². The molecule has 10 atom stereocenters. The lowest BCUT2D eigenvalue weighted by Gasteiger charge is -2.45. The van der Waals surface area contributed by atoms with Gasteiger partial charge in [-0.3, -0.25) is 0 Å². The van der Waals surface area contributed by atoms with Gasteiger partial charge in [0.1, 0.15) is 48.8 Å². The Labute approximate surface area is 248 Å². The van der Waals surface area contributed by atoms with E-state index in [4.69, 9.17) is 33.2 Å². The van der Waals surface area contributed by atoms with E-state index in [0.717, 1.165) is 13.0 Å². The monoisotopic (exact) mass is 614 g/mol. The molecule has 0 aliphatic carbocycles. The molecule has 14 nitrogen and oxygen atoms in total. The van der Waals surface area contributed by atoms with Gasteiger partial charge in [-0.25, -0.2) is 0 Å². The van der Waals surface area contributed by atoms with Gasteiger partial charge in [0.05, 0.1) is 52.9 Å². The van der Waals surface area contributed by atoms with Gasteiger partial charge in [0, 0.05) is 6.61 Å². The van der Waals surface area contributed by atoms with Gasteiger partial charge >= 0.3 is 0 Å². The van der Waals surface area contributed by atoms with E-state index in [-0.39, 0.29) is 13.2 Å². The van der Waals surface area contributed by atoms with Crippen molar-refractivity contribution in [2.24, 2.45) is 0 Å². The molecule has 2 aliphatic heterocycles. The summed E-state index contributed by atoms with van der Waals surface area (Å²) in [5, 5.41) is 70.3. The van der Waals surface area contributed by atoms with E-state index in [9.17, 15) is 35.7 Å². The summed E-state index contributed by atoms with van der Waals surface area (Å²) in [5.74, 6) is 0. The van der Waals surface area contributed by atoms with Crippen LogP contribution < -0.4 is 0 Å². The van der Waals surface area contributed by atoms with E-state index in [1.54, 1.807) is 0 Å². The van der Waals surface area contributed by atoms with Crippen LogP contribution >= 0.6 is 0 Å². The quantitative estimate of drug-likeness (QED) is 0.0677. The van der Waals surface area contributed by atoms with Crippen LogP contribution in [-0.2, 0) is 33.2 Å². The van der Waals surface area contributed by atoms with Crippen molar-refractivity contribution in [3.05, 3.63) is 0 Å². The Hall–Kier alpha value is -0.560. The molecule has 250 valence electrons. The van der Waals surface area contributed by atoms with Gasteiger partial charge in [-0.05, 0) is 6.42 Å². The first kappa shape index (κ1) is 37.6. The highest BCUT2D eigenvalue weighted by molar-refractivity contribution is 4.94. The smallest absolute Gasteiger partial charge is 0.187 e. The van der Waals surface area contributed by atoms with E-state index in [1.165, 1.54) is 44.9 Å². The van der Waals surface area contributed by atoms with Crippen molar-refractivity contribution in [2.45, 2.75) is 120 Å². The van der Waals surface area contributed by atoms with Gasteiger partial charge in [0.15, 0.2) is 12.6 Å². The molecule has 0 aromatic heterocycles. The Morgan fingerprint density at radius 3 is 1.60 bits per heavy atom. The number of hydrogen-bond donors (Lipinski definition) is 7. The van der Waals surface area contributed by atoms with Crippen LogP contribution in [-0.4, -0.2) is 157 Å². The molecule has 0 spiro atoms. The lowest BCUT2D eigenvalue weighted by molar-refractivity contribution is -0.359. The van der Waals surface area contributed by atoms with Crippen LogP contribution in [0.1, 0.15) is 58.3 Å². The largest absolute Gasteiger partial charge is 0.394 e. The molecule has 0 aromatic rings. The van der Waals surface area contributed by atoms with Crippen LogP contribution in [0.2, 0.25) is 0 Å². The summed E-state index contributed by atoms with van der Waals surface area (Å²) in [7, 11) is 0. The predicted octanol–water partition coefficient (Wildman–Crippen LogP) is -1.18. The molecule has 14 heteroatoms. The third-order valence-corrected chi connectivity index (χ3v) is 7.36. The maximum absolute atomic E-state index is 10.6. The molecule has 0 aromatic carbocycles. The lowest BCUT2D eigenvalue weighted by Crippen LogP contribution is -2.64. The second-order valence-electron chi connectivity index (χ2n) is 10.7. The standard InChI is InChI=1S/C28H54O14/c1-2-3-4-5-6-7-8-9-10-36-11-12-37-13-14-38-15-16-39-27-25(35)23(33)26(20(18-30)41-27)42-28-24(34)22(32)21(31)19(17-29)40-28/h19-35H,2-18H2,1H3/t19-,20-,21+,22+,23-,24-,25-,26-,27-,28+/m1/s1. The van der Waals surface area contributed by atoms with Crippen LogP contribution in [0.5, 0.6) is 0 Å². The second kappa shape index (κ2) is 22.0. The van der Waals surface area contributed by atoms with Crippen molar-refractivity contribution in [3.8, 4) is 0 Å². The number of unbranched alkanes of at least 4 members (excludes halogenated alkanes) is 7. The van der Waals surface area contributed by atoms with Crippen molar-refractivity contribution in [1.29, 1.82) is 0 Å². The normalized spacial score (nSPS) is 33.7. The average molecular weight is 615 g/mol. The average Bonchev–Trinajstić information content (AvgIpc) is 2.99. The number of hydrogen-bond acceptors (Lipinski definition) is 14. The van der Waals surface area contributed by atoms with Gasteiger partial charge in [-0.2, -0.15) is 0 Å². The summed E-state index contributed by atoms with van der Waals surface area (Å²) in [6.07, 6.45) is -4.81. The first-order valence-corrected chi connectivity index (χ1v) is 15.3. The summed E-state index contributed by atoms with van der Waals surface area (Å²) >= 11 is 0. The number of aliphatic hydroxyl groups is 7. The molecule has 7 N–H and O–H groups in total. The number of aliphatic hydroxyl groups excluding tert-OH is 7. The summed E-state index contributed by atoms with van der Waals surface area (Å²) in [6.45, 7) is 3.56. The zero-order valence-electron chi connectivity index (χ0n) is 24.8. The third-order valence-electron chi connectivity index (χ3n) is 7.36. The molecule has 2 rings (SSSR count). The first-order chi connectivity index (χ1) is 20.3. The highest BCUT2D eigenvalue weighted by Crippen LogP contribution is 2.29. The van der Waals surface area contributed by atoms with E-state index in [0.29, 0.717) is 26.4 Å². The first-order valence-electron chi connectivity index (χ1n) is 15.3. The van der Waals surface area contributed by atoms with Gasteiger partial charge < -0.3 is 68.9 Å². The Bertz CT molecular complexity index is 656. The lowest BCUT2D eigenvalue weighted by atomic mass is 9.97. The Kier molecular flexibility index (Phi) is 19.7. The maximum atomic E-state index is 10.6. The maximum Gasteiger partial charge on any atom is 0.187 e. The van der Waals surface area contributed by atoms with E-state index >= 15 is 0 Å². The Morgan fingerprint density at radius 1 is 0.500 bits per heavy atom.